The van der Waals surface area contributed by atoms with Gasteiger partial charge >= 0.3 is 0 Å². The molecule has 218 valence electrons. The van der Waals surface area contributed by atoms with Crippen LogP contribution < -0.4 is 10.0 Å². The number of nitrogens with two attached hydrogens (primary N) is 1. The third-order valence-corrected chi connectivity index (χ3v) is 9.68. The van der Waals surface area contributed by atoms with Crippen molar-refractivity contribution >= 4 is 43.5 Å². The molecule has 0 aliphatic rings. The number of sulfonamides is 1. The number of nitrogens with one attached hydrogen (secondary N) is 1. The predicted octanol–water partition coefficient (Wildman–Crippen LogP) is 4.73. The fourth-order valence-electron chi connectivity index (χ4n) is 5.29. The molecule has 3 aromatic carbocycles. The Labute approximate surface area is 247 Å². The van der Waals surface area contributed by atoms with Crippen LogP contribution in [0.2, 0.25) is 0 Å². The van der Waals surface area contributed by atoms with Gasteiger partial charge < -0.3 is 15.2 Å². The first-order valence-electron chi connectivity index (χ1n) is 14.2. The third kappa shape index (κ3) is 5.86. The Hall–Kier alpha value is -4.28. The van der Waals surface area contributed by atoms with Crippen molar-refractivity contribution < 1.29 is 8.42 Å². The van der Waals surface area contributed by atoms with Gasteiger partial charge in [-0.15, -0.1) is 0 Å². The van der Waals surface area contributed by atoms with Crippen LogP contribution in [-0.2, 0) is 29.9 Å². The first-order chi connectivity index (χ1) is 20.2. The van der Waals surface area contributed by atoms with Crippen LogP contribution in [-0.4, -0.2) is 59.9 Å². The van der Waals surface area contributed by atoms with E-state index in [9.17, 15) is 8.42 Å². The van der Waals surface area contributed by atoms with E-state index in [2.05, 4.69) is 28.3 Å². The Bertz CT molecular complexity index is 1820. The molecule has 0 amide bonds. The van der Waals surface area contributed by atoms with Crippen molar-refractivity contribution in [1.82, 2.24) is 19.4 Å². The number of aromatic nitrogens is 3. The van der Waals surface area contributed by atoms with Crippen LogP contribution in [0.3, 0.4) is 0 Å². The zero-order valence-electron chi connectivity index (χ0n) is 24.3. The standard InChI is InChI=1S/C32H37N7O2S/c1-4-38(5-2)20-21-39(42(40,41)29-10-6-8-24-9-7-19-35-31(24)29)26-16-17-28-27(22-26)36-30(37(28)3)18-13-23-11-14-25(15-12-23)32(33)34/h6-12,14-17,19,22H,4-5,13,18,20-21H2,1-3H3,(H3,33,34). The molecule has 0 fully saturated rings. The Kier molecular flexibility index (Phi) is 8.56. The van der Waals surface area contributed by atoms with Crippen LogP contribution in [0.15, 0.2) is 83.9 Å². The second-order valence-corrected chi connectivity index (χ2v) is 12.1. The van der Waals surface area contributed by atoms with E-state index in [1.807, 2.05) is 67.7 Å². The third-order valence-electron chi connectivity index (χ3n) is 7.82. The first kappa shape index (κ1) is 29.2. The minimum atomic E-state index is -3.94. The number of amidine groups is 1. The number of pyridine rings is 1. The molecular weight excluding hydrogens is 546 g/mol. The minimum absolute atomic E-state index is 0.0533. The molecule has 5 rings (SSSR count). The highest BCUT2D eigenvalue weighted by Crippen LogP contribution is 2.30. The van der Waals surface area contributed by atoms with Gasteiger partial charge in [-0.25, -0.2) is 13.4 Å². The predicted molar refractivity (Wildman–Crippen MR) is 170 cm³/mol. The second-order valence-electron chi connectivity index (χ2n) is 10.3. The van der Waals surface area contributed by atoms with Gasteiger partial charge in [0.25, 0.3) is 10.0 Å². The van der Waals surface area contributed by atoms with E-state index in [4.69, 9.17) is 16.1 Å². The molecule has 2 aromatic heterocycles. The van der Waals surface area contributed by atoms with Gasteiger partial charge in [-0.1, -0.05) is 56.3 Å². The number of hydrogen-bond acceptors (Lipinski definition) is 6. The maximum atomic E-state index is 14.3. The van der Waals surface area contributed by atoms with Crippen LogP contribution in [0.1, 0.15) is 30.8 Å². The molecule has 3 N–H and O–H groups in total. The molecule has 10 heteroatoms. The zero-order chi connectivity index (χ0) is 29.9. The van der Waals surface area contributed by atoms with E-state index in [1.165, 1.54) is 4.31 Å². The van der Waals surface area contributed by atoms with Gasteiger partial charge in [-0.2, -0.15) is 0 Å². The molecule has 5 aromatic rings. The van der Waals surface area contributed by atoms with Crippen molar-refractivity contribution in [2.75, 3.05) is 30.5 Å². The van der Waals surface area contributed by atoms with Crippen molar-refractivity contribution in [3.63, 3.8) is 0 Å². The quantitative estimate of drug-likeness (QED) is 0.162. The number of anilines is 1. The Morgan fingerprint density at radius 2 is 1.69 bits per heavy atom. The van der Waals surface area contributed by atoms with Gasteiger partial charge in [-0.05, 0) is 55.4 Å². The molecule has 2 heterocycles. The van der Waals surface area contributed by atoms with Gasteiger partial charge in [0.05, 0.1) is 22.2 Å². The summed E-state index contributed by atoms with van der Waals surface area (Å²) in [7, 11) is -1.95. The summed E-state index contributed by atoms with van der Waals surface area (Å²) >= 11 is 0. The number of likely N-dealkylation sites (N-methyl/N-ethyl adjacent to an activating group) is 1. The van der Waals surface area contributed by atoms with Crippen molar-refractivity contribution in [2.45, 2.75) is 31.6 Å². The average molecular weight is 584 g/mol. The topological polar surface area (TPSA) is 121 Å². The number of nitrogen functional groups attached to an aromatic ring is 1. The maximum absolute atomic E-state index is 14.3. The lowest BCUT2D eigenvalue weighted by Gasteiger charge is -2.28. The van der Waals surface area contributed by atoms with Crippen molar-refractivity contribution in [3.8, 4) is 0 Å². The molecule has 0 aliphatic heterocycles. The average Bonchev–Trinajstić information content (AvgIpc) is 3.32. The van der Waals surface area contributed by atoms with Crippen LogP contribution in [0.25, 0.3) is 21.9 Å². The van der Waals surface area contributed by atoms with Gasteiger partial charge in [0.15, 0.2) is 0 Å². The number of nitrogens with zero attached hydrogens (tertiary/aromatic N) is 5. The van der Waals surface area contributed by atoms with Gasteiger partial charge in [-0.3, -0.25) is 14.7 Å². The molecule has 0 radical (unpaired) electrons. The Morgan fingerprint density at radius 1 is 0.952 bits per heavy atom. The normalized spacial score (nSPS) is 11.9. The molecule has 0 saturated heterocycles. The smallest absolute Gasteiger partial charge is 0.266 e. The SMILES string of the molecule is CCN(CC)CCN(c1ccc2c(c1)nc(CCc1ccc(C(=N)N)cc1)n2C)S(=O)(=O)c1cccc2cccnc12. The highest BCUT2D eigenvalue weighted by Gasteiger charge is 2.28. The van der Waals surface area contributed by atoms with Crippen molar-refractivity contribution in [1.29, 1.82) is 5.41 Å². The Balaban J connectivity index is 1.49. The summed E-state index contributed by atoms with van der Waals surface area (Å²) in [5.41, 5.74) is 10.1. The molecular formula is C32H37N7O2S. The number of para-hydroxylation sites is 1. The minimum Gasteiger partial charge on any atom is -0.384 e. The maximum Gasteiger partial charge on any atom is 0.266 e. The molecule has 0 bridgehead atoms. The largest absolute Gasteiger partial charge is 0.384 e. The summed E-state index contributed by atoms with van der Waals surface area (Å²) in [6, 6.07) is 22.3. The highest BCUT2D eigenvalue weighted by atomic mass is 32.2. The summed E-state index contributed by atoms with van der Waals surface area (Å²) < 4.78 is 32.1. The molecule has 0 aliphatic carbocycles. The van der Waals surface area contributed by atoms with Crippen molar-refractivity contribution in [2.24, 2.45) is 12.8 Å². The van der Waals surface area contributed by atoms with Gasteiger partial charge in [0, 0.05) is 43.7 Å². The monoisotopic (exact) mass is 583 g/mol. The first-order valence-corrected chi connectivity index (χ1v) is 15.6. The van der Waals surface area contributed by atoms with E-state index in [0.717, 1.165) is 47.3 Å². The molecule has 9 nitrogen and oxygen atoms in total. The van der Waals surface area contributed by atoms with Crippen LogP contribution in [0, 0.1) is 5.41 Å². The van der Waals surface area contributed by atoms with Crippen LogP contribution >= 0.6 is 0 Å². The summed E-state index contributed by atoms with van der Waals surface area (Å²) in [4.78, 5) is 11.7. The molecule has 0 spiro atoms. The van der Waals surface area contributed by atoms with Crippen LogP contribution in [0.4, 0.5) is 5.69 Å². The lowest BCUT2D eigenvalue weighted by Crippen LogP contribution is -2.39. The number of rotatable bonds is 12. The lowest BCUT2D eigenvalue weighted by molar-refractivity contribution is 0.313. The number of fused-ring (bicyclic) bond motifs is 2. The fourth-order valence-corrected chi connectivity index (χ4v) is 6.90. The second kappa shape index (κ2) is 12.3. The van der Waals surface area contributed by atoms with E-state index in [-0.39, 0.29) is 10.7 Å². The lowest BCUT2D eigenvalue weighted by atomic mass is 10.1. The van der Waals surface area contributed by atoms with E-state index in [0.29, 0.717) is 36.3 Å². The van der Waals surface area contributed by atoms with Crippen LogP contribution in [0.5, 0.6) is 0 Å². The van der Waals surface area contributed by atoms with Crippen molar-refractivity contribution in [3.05, 3.63) is 95.9 Å². The number of imidazole rings is 1. The van der Waals surface area contributed by atoms with Gasteiger partial charge in [0.2, 0.25) is 0 Å². The Morgan fingerprint density at radius 3 is 2.40 bits per heavy atom. The number of aryl methyl sites for hydroxylation is 3. The summed E-state index contributed by atoms with van der Waals surface area (Å²) in [6.45, 7) is 6.72. The molecule has 0 saturated carbocycles. The molecule has 0 atom stereocenters. The molecule has 0 unspecified atom stereocenters. The summed E-state index contributed by atoms with van der Waals surface area (Å²) in [5.74, 6) is 0.964. The zero-order valence-corrected chi connectivity index (χ0v) is 25.1. The van der Waals surface area contributed by atoms with Gasteiger partial charge in [0.1, 0.15) is 16.6 Å². The number of hydrogen-bond donors (Lipinski definition) is 2. The molecule has 42 heavy (non-hydrogen) atoms. The fraction of sp³-hybridized carbons (Fsp3) is 0.281. The van der Waals surface area contributed by atoms with E-state index >= 15 is 0 Å². The van der Waals surface area contributed by atoms with E-state index < -0.39 is 10.0 Å². The highest BCUT2D eigenvalue weighted by molar-refractivity contribution is 7.93. The van der Waals surface area contributed by atoms with E-state index in [1.54, 1.807) is 18.3 Å². The number of benzene rings is 3. The summed E-state index contributed by atoms with van der Waals surface area (Å²) in [6.07, 6.45) is 3.12. The summed E-state index contributed by atoms with van der Waals surface area (Å²) in [5, 5.41) is 8.37.